The Morgan fingerprint density at radius 2 is 1.79 bits per heavy atom. The minimum absolute atomic E-state index is 0.184. The van der Waals surface area contributed by atoms with Crippen molar-refractivity contribution in [3.63, 3.8) is 0 Å². The van der Waals surface area contributed by atoms with E-state index in [1.54, 1.807) is 42.1 Å². The predicted octanol–water partition coefficient (Wildman–Crippen LogP) is 4.97. The third kappa shape index (κ3) is 5.19. The number of carbonyl (C=O) groups excluding carboxylic acids is 1. The summed E-state index contributed by atoms with van der Waals surface area (Å²) < 4.78 is 29.1. The summed E-state index contributed by atoms with van der Waals surface area (Å²) in [5.74, 6) is 2.96. The van der Waals surface area contributed by atoms with Gasteiger partial charge in [-0.3, -0.25) is 4.79 Å². The fourth-order valence-corrected chi connectivity index (χ4v) is 3.87. The van der Waals surface area contributed by atoms with Gasteiger partial charge < -0.3 is 29.0 Å². The van der Waals surface area contributed by atoms with E-state index in [1.165, 1.54) is 7.11 Å². The lowest BCUT2D eigenvalue weighted by Gasteiger charge is -2.11. The highest BCUT2D eigenvalue weighted by molar-refractivity contribution is 6.06. The normalized spacial score (nSPS) is 11.9. The van der Waals surface area contributed by atoms with Gasteiger partial charge in [0.1, 0.15) is 11.5 Å². The molecule has 2 heterocycles. The molecule has 4 aromatic rings. The summed E-state index contributed by atoms with van der Waals surface area (Å²) in [6.07, 6.45) is 0. The van der Waals surface area contributed by atoms with E-state index in [4.69, 9.17) is 23.7 Å². The highest BCUT2D eigenvalue weighted by atomic mass is 16.7. The Bertz CT molecular complexity index is 1450. The first-order valence-electron chi connectivity index (χ1n) is 12.1. The molecule has 0 spiro atoms. The van der Waals surface area contributed by atoms with Crippen LogP contribution in [0.5, 0.6) is 29.0 Å². The quantitative estimate of drug-likeness (QED) is 0.333. The Labute approximate surface area is 220 Å². The van der Waals surface area contributed by atoms with Crippen molar-refractivity contribution in [3.05, 3.63) is 66.2 Å². The molecule has 1 N–H and O–H groups in total. The molecule has 0 fully saturated rings. The molecular weight excluding hydrogens is 488 g/mol. The van der Waals surface area contributed by atoms with Crippen LogP contribution in [-0.2, 0) is 0 Å². The number of ether oxygens (including phenoxy) is 5. The molecule has 0 unspecified atom stereocenters. The number of hydrogen-bond donors (Lipinski definition) is 1. The third-order valence-electron chi connectivity index (χ3n) is 5.79. The molecule has 1 aliphatic rings. The van der Waals surface area contributed by atoms with E-state index in [1.807, 2.05) is 30.3 Å². The second-order valence-electron chi connectivity index (χ2n) is 8.97. The summed E-state index contributed by atoms with van der Waals surface area (Å²) in [6, 6.07) is 18.2. The van der Waals surface area contributed by atoms with Gasteiger partial charge in [-0.2, -0.15) is 4.98 Å². The number of hydrogen-bond acceptors (Lipinski definition) is 8. The van der Waals surface area contributed by atoms with Gasteiger partial charge in [0.05, 0.1) is 32.1 Å². The van der Waals surface area contributed by atoms with Crippen molar-refractivity contribution in [2.45, 2.75) is 13.8 Å². The maximum atomic E-state index is 12.9. The maximum absolute atomic E-state index is 12.9. The van der Waals surface area contributed by atoms with Crippen LogP contribution in [0, 0.1) is 5.92 Å². The number of anilines is 1. The molecule has 10 heteroatoms. The second kappa shape index (κ2) is 10.7. The molecule has 0 saturated heterocycles. The van der Waals surface area contributed by atoms with Gasteiger partial charge in [-0.15, -0.1) is 5.10 Å². The van der Waals surface area contributed by atoms with E-state index < -0.39 is 0 Å². The largest absolute Gasteiger partial charge is 0.497 e. The summed E-state index contributed by atoms with van der Waals surface area (Å²) in [6.45, 7) is 4.79. The van der Waals surface area contributed by atoms with Crippen LogP contribution in [0.1, 0.15) is 24.2 Å². The molecule has 38 heavy (non-hydrogen) atoms. The first kappa shape index (κ1) is 24.9. The average Bonchev–Trinajstić information content (AvgIpc) is 3.58. The summed E-state index contributed by atoms with van der Waals surface area (Å²) in [5, 5.41) is 7.50. The molecular formula is C28H28N4O6. The molecule has 1 amide bonds. The molecule has 0 saturated carbocycles. The summed E-state index contributed by atoms with van der Waals surface area (Å²) in [7, 11) is 3.07. The summed E-state index contributed by atoms with van der Waals surface area (Å²) in [5.41, 5.74) is 2.54. The van der Waals surface area contributed by atoms with Crippen molar-refractivity contribution in [1.29, 1.82) is 0 Å². The number of benzene rings is 3. The van der Waals surface area contributed by atoms with Gasteiger partial charge in [0.2, 0.25) is 6.79 Å². The zero-order valence-electron chi connectivity index (χ0n) is 21.6. The minimum Gasteiger partial charge on any atom is -0.497 e. The second-order valence-corrected chi connectivity index (χ2v) is 8.97. The molecule has 196 valence electrons. The van der Waals surface area contributed by atoms with Gasteiger partial charge in [-0.05, 0) is 60.5 Å². The number of rotatable bonds is 9. The fraction of sp³-hybridized carbons (Fsp3) is 0.250. The Morgan fingerprint density at radius 1 is 1.00 bits per heavy atom. The molecule has 5 rings (SSSR count). The first-order chi connectivity index (χ1) is 18.4. The average molecular weight is 517 g/mol. The molecule has 0 radical (unpaired) electrons. The van der Waals surface area contributed by atoms with E-state index in [0.717, 1.165) is 11.3 Å². The van der Waals surface area contributed by atoms with Crippen LogP contribution in [0.2, 0.25) is 0 Å². The van der Waals surface area contributed by atoms with E-state index in [0.29, 0.717) is 52.6 Å². The van der Waals surface area contributed by atoms with E-state index >= 15 is 0 Å². The molecule has 1 aliphatic heterocycles. The van der Waals surface area contributed by atoms with Gasteiger partial charge in [-0.25, -0.2) is 4.68 Å². The minimum atomic E-state index is -0.302. The van der Waals surface area contributed by atoms with Gasteiger partial charge in [0, 0.05) is 17.3 Å². The van der Waals surface area contributed by atoms with Gasteiger partial charge in [-0.1, -0.05) is 13.8 Å². The fourth-order valence-electron chi connectivity index (χ4n) is 3.87. The van der Waals surface area contributed by atoms with E-state index in [2.05, 4.69) is 29.2 Å². The van der Waals surface area contributed by atoms with E-state index in [9.17, 15) is 4.79 Å². The lowest BCUT2D eigenvalue weighted by molar-refractivity contribution is 0.102. The van der Waals surface area contributed by atoms with Crippen molar-refractivity contribution >= 4 is 11.6 Å². The zero-order valence-corrected chi connectivity index (χ0v) is 21.6. The number of fused-ring (bicyclic) bond motifs is 1. The van der Waals surface area contributed by atoms with E-state index in [-0.39, 0.29) is 18.7 Å². The van der Waals surface area contributed by atoms with Crippen LogP contribution < -0.4 is 29.0 Å². The Kier molecular flexibility index (Phi) is 7.03. The van der Waals surface area contributed by atoms with Crippen molar-refractivity contribution in [3.8, 4) is 46.1 Å². The molecule has 0 atom stereocenters. The lowest BCUT2D eigenvalue weighted by atomic mass is 10.1. The zero-order chi connectivity index (χ0) is 26.6. The molecule has 1 aromatic heterocycles. The number of nitrogens with zero attached hydrogens (tertiary/aromatic N) is 3. The highest BCUT2D eigenvalue weighted by Gasteiger charge is 2.20. The van der Waals surface area contributed by atoms with Crippen LogP contribution in [0.25, 0.3) is 17.1 Å². The predicted molar refractivity (Wildman–Crippen MR) is 141 cm³/mol. The molecule has 3 aromatic carbocycles. The maximum Gasteiger partial charge on any atom is 0.336 e. The molecule has 10 nitrogen and oxygen atoms in total. The van der Waals surface area contributed by atoms with Gasteiger partial charge in [0.25, 0.3) is 5.91 Å². The van der Waals surface area contributed by atoms with Crippen LogP contribution in [0.15, 0.2) is 60.7 Å². The van der Waals surface area contributed by atoms with Crippen LogP contribution in [-0.4, -0.2) is 48.3 Å². The number of amides is 1. The lowest BCUT2D eigenvalue weighted by Crippen LogP contribution is -2.13. The SMILES string of the molecule is COc1ccc(C(=O)Nc2ccc(-n3nc(OCC(C)C)nc3-c3ccc4c(c3)OCO4)cc2)c(OC)c1. The van der Waals surface area contributed by atoms with Crippen molar-refractivity contribution in [2.75, 3.05) is 32.9 Å². The third-order valence-corrected chi connectivity index (χ3v) is 5.79. The Balaban J connectivity index is 1.41. The van der Waals surface area contributed by atoms with Crippen LogP contribution in [0.3, 0.4) is 0 Å². The van der Waals surface area contributed by atoms with Crippen molar-refractivity contribution < 1.29 is 28.5 Å². The topological polar surface area (TPSA) is 106 Å². The van der Waals surface area contributed by atoms with Gasteiger partial charge >= 0.3 is 6.01 Å². The van der Waals surface area contributed by atoms with Crippen molar-refractivity contribution in [1.82, 2.24) is 14.8 Å². The Hall–Kier alpha value is -4.73. The highest BCUT2D eigenvalue weighted by Crippen LogP contribution is 2.36. The smallest absolute Gasteiger partial charge is 0.336 e. The number of methoxy groups -OCH3 is 2. The van der Waals surface area contributed by atoms with Crippen molar-refractivity contribution in [2.24, 2.45) is 5.92 Å². The molecule has 0 bridgehead atoms. The first-order valence-corrected chi connectivity index (χ1v) is 12.1. The molecule has 0 aliphatic carbocycles. The number of aromatic nitrogens is 3. The van der Waals surface area contributed by atoms with Crippen LogP contribution in [0.4, 0.5) is 5.69 Å². The number of carbonyl (C=O) groups is 1. The monoisotopic (exact) mass is 516 g/mol. The number of nitrogens with one attached hydrogen (secondary N) is 1. The van der Waals surface area contributed by atoms with Gasteiger partial charge in [0.15, 0.2) is 17.3 Å². The summed E-state index contributed by atoms with van der Waals surface area (Å²) in [4.78, 5) is 17.5. The summed E-state index contributed by atoms with van der Waals surface area (Å²) >= 11 is 0. The van der Waals surface area contributed by atoms with Crippen LogP contribution >= 0.6 is 0 Å². The Morgan fingerprint density at radius 3 is 2.53 bits per heavy atom. The standard InChI is InChI=1S/C28H28N4O6/c1-17(2)15-36-28-30-26(18-5-12-23-25(13-18)38-16-37-23)32(31-28)20-8-6-19(7-9-20)29-27(33)22-11-10-21(34-3)14-24(22)35-4/h5-14,17H,15-16H2,1-4H3,(H,29,33).